The molecule has 0 aliphatic carbocycles. The van der Waals surface area contributed by atoms with E-state index in [-0.39, 0.29) is 18.9 Å². The zero-order valence-corrected chi connectivity index (χ0v) is 10.8. The predicted molar refractivity (Wildman–Crippen MR) is 68.6 cm³/mol. The van der Waals surface area contributed by atoms with Crippen LogP contribution in [-0.2, 0) is 6.54 Å². The summed E-state index contributed by atoms with van der Waals surface area (Å²) in [5.74, 6) is 0. The van der Waals surface area contributed by atoms with Crippen LogP contribution < -0.4 is 23.8 Å². The molecule has 2 heteroatoms. The van der Waals surface area contributed by atoms with Gasteiger partial charge in [0.15, 0.2) is 0 Å². The Kier molecular flexibility index (Phi) is 5.35. The van der Waals surface area contributed by atoms with E-state index >= 15 is 0 Å². The van der Waals surface area contributed by atoms with E-state index in [1.807, 2.05) is 6.07 Å². The third kappa shape index (κ3) is 3.96. The molecule has 17 heavy (non-hydrogen) atoms. The molecule has 0 bridgehead atoms. The summed E-state index contributed by atoms with van der Waals surface area (Å²) in [5, 5.41) is 0. The van der Waals surface area contributed by atoms with Gasteiger partial charge < -0.3 is 4.90 Å². The van der Waals surface area contributed by atoms with Crippen molar-refractivity contribution in [3.63, 3.8) is 0 Å². The number of benzene rings is 2. The van der Waals surface area contributed by atoms with Crippen molar-refractivity contribution in [1.29, 1.82) is 0 Å². The Balaban J connectivity index is 0.00000144. The van der Waals surface area contributed by atoms with Crippen LogP contribution in [0.5, 0.6) is 0 Å². The van der Waals surface area contributed by atoms with Crippen molar-refractivity contribution in [3.05, 3.63) is 65.7 Å². The molecule has 0 atom stereocenters. The maximum Gasteiger partial charge on any atom is 1.00 e. The summed E-state index contributed by atoms with van der Waals surface area (Å²) in [7, 11) is 2.10. The van der Waals surface area contributed by atoms with Gasteiger partial charge in [-0.25, -0.2) is 0 Å². The average Bonchev–Trinajstić information content (AvgIpc) is 2.30. The van der Waals surface area contributed by atoms with Crippen LogP contribution in [0.4, 0.5) is 5.69 Å². The maximum absolute atomic E-state index is 3.37. The minimum atomic E-state index is 0. The van der Waals surface area contributed by atoms with Crippen LogP contribution >= 0.6 is 0 Å². The summed E-state index contributed by atoms with van der Waals surface area (Å²) in [5.41, 5.74) is 3.66. The van der Waals surface area contributed by atoms with E-state index in [4.69, 9.17) is 0 Å². The van der Waals surface area contributed by atoms with Crippen LogP contribution in [0.3, 0.4) is 0 Å². The third-order valence-corrected chi connectivity index (χ3v) is 2.61. The molecular formula is C15H16LiN. The first-order valence-electron chi connectivity index (χ1n) is 5.50. The number of para-hydroxylation sites is 1. The number of aryl methyl sites for hydroxylation is 1. The van der Waals surface area contributed by atoms with Crippen LogP contribution in [0.25, 0.3) is 0 Å². The SMILES string of the molecule is Cc1[c-]c(CN(C)c2ccccc2)ccc1.[Li+]. The minimum Gasteiger partial charge on any atom is -0.372 e. The first-order valence-corrected chi connectivity index (χ1v) is 5.50. The number of rotatable bonds is 3. The van der Waals surface area contributed by atoms with Gasteiger partial charge in [0.1, 0.15) is 0 Å². The zero-order valence-electron chi connectivity index (χ0n) is 10.8. The van der Waals surface area contributed by atoms with Gasteiger partial charge >= 0.3 is 18.9 Å². The van der Waals surface area contributed by atoms with Crippen LogP contribution in [0.15, 0.2) is 48.5 Å². The van der Waals surface area contributed by atoms with Gasteiger partial charge in [-0.3, -0.25) is 0 Å². The molecule has 0 saturated carbocycles. The topological polar surface area (TPSA) is 3.24 Å². The second-order valence-corrected chi connectivity index (χ2v) is 4.05. The van der Waals surface area contributed by atoms with E-state index in [0.717, 1.165) is 6.54 Å². The largest absolute Gasteiger partial charge is 1.00 e. The van der Waals surface area contributed by atoms with Crippen LogP contribution in [0.2, 0.25) is 0 Å². The summed E-state index contributed by atoms with van der Waals surface area (Å²) in [6, 6.07) is 20.0. The van der Waals surface area contributed by atoms with Crippen LogP contribution in [0, 0.1) is 13.0 Å². The van der Waals surface area contributed by atoms with Gasteiger partial charge in [-0.2, -0.15) is 29.8 Å². The van der Waals surface area contributed by atoms with Crippen LogP contribution in [-0.4, -0.2) is 7.05 Å². The first-order chi connectivity index (χ1) is 7.75. The van der Waals surface area contributed by atoms with Gasteiger partial charge in [-0.15, -0.1) is 5.56 Å². The second-order valence-electron chi connectivity index (χ2n) is 4.05. The van der Waals surface area contributed by atoms with E-state index in [1.54, 1.807) is 0 Å². The van der Waals surface area contributed by atoms with E-state index < -0.39 is 0 Å². The van der Waals surface area contributed by atoms with Crippen molar-refractivity contribution in [2.24, 2.45) is 0 Å². The Labute approximate surface area is 116 Å². The Morgan fingerprint density at radius 1 is 1.00 bits per heavy atom. The number of anilines is 1. The molecule has 0 amide bonds. The Morgan fingerprint density at radius 2 is 1.71 bits per heavy atom. The van der Waals surface area contributed by atoms with Crippen molar-refractivity contribution in [3.8, 4) is 0 Å². The fourth-order valence-corrected chi connectivity index (χ4v) is 1.77. The van der Waals surface area contributed by atoms with Gasteiger partial charge in [0.05, 0.1) is 0 Å². The summed E-state index contributed by atoms with van der Waals surface area (Å²) in [4.78, 5) is 2.23. The fraction of sp³-hybridized carbons (Fsp3) is 0.200. The quantitative estimate of drug-likeness (QED) is 0.532. The summed E-state index contributed by atoms with van der Waals surface area (Å²) < 4.78 is 0. The maximum atomic E-state index is 3.37. The molecule has 0 heterocycles. The molecule has 0 aliphatic heterocycles. The number of hydrogen-bond donors (Lipinski definition) is 0. The molecular weight excluding hydrogens is 201 g/mol. The molecule has 2 aromatic rings. The van der Waals surface area contributed by atoms with Gasteiger partial charge in [0.25, 0.3) is 0 Å². The van der Waals surface area contributed by atoms with E-state index in [1.165, 1.54) is 16.8 Å². The molecule has 0 aliphatic rings. The summed E-state index contributed by atoms with van der Waals surface area (Å²) in [6.45, 7) is 2.97. The van der Waals surface area contributed by atoms with E-state index in [9.17, 15) is 0 Å². The molecule has 1 nitrogen and oxygen atoms in total. The predicted octanol–water partition coefficient (Wildman–Crippen LogP) is 0.436. The molecule has 0 saturated heterocycles. The van der Waals surface area contributed by atoms with Crippen molar-refractivity contribution in [2.75, 3.05) is 11.9 Å². The molecule has 0 aromatic heterocycles. The van der Waals surface area contributed by atoms with Gasteiger partial charge in [-0.05, 0) is 12.1 Å². The molecule has 0 spiro atoms. The summed E-state index contributed by atoms with van der Waals surface area (Å²) in [6.07, 6.45) is 0. The molecule has 82 valence electrons. The minimum absolute atomic E-state index is 0. The standard InChI is InChI=1S/C15H16N.Li/c1-13-7-6-8-14(11-13)12-16(2)15-9-4-3-5-10-15;/h3-10H,12H2,1-2H3;/q-1;+1. The first kappa shape index (κ1) is 13.9. The molecule has 0 N–H and O–H groups in total. The monoisotopic (exact) mass is 217 g/mol. The molecule has 0 radical (unpaired) electrons. The normalized spacial score (nSPS) is 9.53. The Morgan fingerprint density at radius 3 is 2.35 bits per heavy atom. The smallest absolute Gasteiger partial charge is 0.372 e. The van der Waals surface area contributed by atoms with Crippen molar-refractivity contribution in [1.82, 2.24) is 0 Å². The van der Waals surface area contributed by atoms with Crippen molar-refractivity contribution < 1.29 is 18.9 Å². The molecule has 0 unspecified atom stereocenters. The summed E-state index contributed by atoms with van der Waals surface area (Å²) >= 11 is 0. The zero-order chi connectivity index (χ0) is 11.4. The average molecular weight is 217 g/mol. The second kappa shape index (κ2) is 6.54. The van der Waals surface area contributed by atoms with E-state index in [2.05, 4.69) is 67.4 Å². The molecule has 2 rings (SSSR count). The van der Waals surface area contributed by atoms with Crippen molar-refractivity contribution >= 4 is 5.69 Å². The van der Waals surface area contributed by atoms with Gasteiger partial charge in [0.2, 0.25) is 0 Å². The third-order valence-electron chi connectivity index (χ3n) is 2.61. The molecule has 0 fully saturated rings. The number of hydrogen-bond acceptors (Lipinski definition) is 1. The molecule has 2 aromatic carbocycles. The number of nitrogens with zero attached hydrogens (tertiary/aromatic N) is 1. The van der Waals surface area contributed by atoms with Crippen LogP contribution in [0.1, 0.15) is 11.1 Å². The van der Waals surface area contributed by atoms with Gasteiger partial charge in [-0.1, -0.05) is 25.1 Å². The van der Waals surface area contributed by atoms with Crippen molar-refractivity contribution in [2.45, 2.75) is 13.5 Å². The Hall–Kier alpha value is -1.16. The fourth-order valence-electron chi connectivity index (χ4n) is 1.77. The Bertz CT molecular complexity index is 453. The van der Waals surface area contributed by atoms with Gasteiger partial charge in [0, 0.05) is 19.3 Å². The van der Waals surface area contributed by atoms with E-state index in [0.29, 0.717) is 0 Å².